The van der Waals surface area contributed by atoms with Crippen molar-refractivity contribution in [3.8, 4) is 0 Å². The Morgan fingerprint density at radius 3 is 2.77 bits per heavy atom. The minimum absolute atomic E-state index is 0.0453. The summed E-state index contributed by atoms with van der Waals surface area (Å²) in [5, 5.41) is 0.246. The first-order valence-corrected chi connectivity index (χ1v) is 4.90. The van der Waals surface area contributed by atoms with E-state index in [-0.39, 0.29) is 27.4 Å². The van der Waals surface area contributed by atoms with E-state index in [4.69, 9.17) is 17.3 Å². The van der Waals surface area contributed by atoms with Crippen LogP contribution in [0.1, 0.15) is 10.4 Å². The molecule has 2 N–H and O–H groups in total. The van der Waals surface area contributed by atoms with Gasteiger partial charge in [0.1, 0.15) is 5.82 Å². The molecule has 1 aromatic carbocycles. The molecule has 5 heteroatoms. The topological polar surface area (TPSA) is 43.1 Å². The van der Waals surface area contributed by atoms with Crippen molar-refractivity contribution in [1.29, 1.82) is 0 Å². The number of hydrogen-bond donors (Lipinski definition) is 1. The number of ketones is 1. The van der Waals surface area contributed by atoms with E-state index in [1.807, 2.05) is 0 Å². The maximum absolute atomic E-state index is 13.1. The third kappa shape index (κ3) is 2.19. The fraction of sp³-hybridized carbons (Fsp3) is 0.125. The molecule has 0 unspecified atom stereocenters. The summed E-state index contributed by atoms with van der Waals surface area (Å²) in [6.45, 7) is 0. The molecule has 0 saturated carbocycles. The van der Waals surface area contributed by atoms with Crippen molar-refractivity contribution in [2.45, 2.75) is 0 Å². The quantitative estimate of drug-likeness (QED) is 0.508. The predicted molar refractivity (Wildman–Crippen MR) is 53.9 cm³/mol. The Morgan fingerprint density at radius 2 is 2.23 bits per heavy atom. The summed E-state index contributed by atoms with van der Waals surface area (Å²) in [6.07, 6.45) is 0. The van der Waals surface area contributed by atoms with E-state index in [0.717, 1.165) is 6.07 Å². The molecule has 0 atom stereocenters. The molecule has 0 saturated heterocycles. The zero-order valence-electron chi connectivity index (χ0n) is 6.48. The fourth-order valence-corrected chi connectivity index (χ4v) is 1.31. The van der Waals surface area contributed by atoms with Gasteiger partial charge >= 0.3 is 0 Å². The number of benzene rings is 1. The molecule has 0 spiro atoms. The minimum Gasteiger partial charge on any atom is -0.397 e. The van der Waals surface area contributed by atoms with Crippen LogP contribution >= 0.6 is 27.5 Å². The second kappa shape index (κ2) is 4.07. The normalized spacial score (nSPS) is 10.1. The summed E-state index contributed by atoms with van der Waals surface area (Å²) < 4.78 is 13.1. The molecule has 1 rings (SSSR count). The molecular weight excluding hydrogens is 260 g/mol. The highest BCUT2D eigenvalue weighted by Crippen LogP contribution is 2.23. The summed E-state index contributed by atoms with van der Waals surface area (Å²) in [5.41, 5.74) is 5.42. The first-order chi connectivity index (χ1) is 6.06. The highest BCUT2D eigenvalue weighted by molar-refractivity contribution is 9.09. The van der Waals surface area contributed by atoms with Crippen LogP contribution in [-0.2, 0) is 0 Å². The number of halogens is 3. The smallest absolute Gasteiger partial charge is 0.176 e. The van der Waals surface area contributed by atoms with Crippen LogP contribution < -0.4 is 5.73 Å². The molecule has 1 aromatic rings. The van der Waals surface area contributed by atoms with Crippen LogP contribution in [0.5, 0.6) is 0 Å². The van der Waals surface area contributed by atoms with Crippen molar-refractivity contribution in [3.05, 3.63) is 28.5 Å². The Kier molecular flexibility index (Phi) is 3.27. The molecule has 0 bridgehead atoms. The zero-order valence-corrected chi connectivity index (χ0v) is 8.82. The molecule has 0 aliphatic carbocycles. The fourth-order valence-electron chi connectivity index (χ4n) is 0.848. The highest BCUT2D eigenvalue weighted by atomic mass is 79.9. The molecule has 0 aliphatic heterocycles. The summed E-state index contributed by atoms with van der Waals surface area (Å²) in [4.78, 5) is 11.1. The third-order valence-electron chi connectivity index (χ3n) is 1.51. The van der Waals surface area contributed by atoms with Crippen molar-refractivity contribution in [1.82, 2.24) is 0 Å². The van der Waals surface area contributed by atoms with Crippen LogP contribution in [0.2, 0.25) is 5.02 Å². The molecule has 13 heavy (non-hydrogen) atoms. The second-order valence-corrected chi connectivity index (χ2v) is 3.38. The van der Waals surface area contributed by atoms with Crippen molar-refractivity contribution >= 4 is 39.0 Å². The zero-order chi connectivity index (χ0) is 10.0. The van der Waals surface area contributed by atoms with Crippen LogP contribution in [-0.4, -0.2) is 11.1 Å². The Balaban J connectivity index is 3.23. The number of anilines is 1. The van der Waals surface area contributed by atoms with Crippen molar-refractivity contribution in [2.75, 3.05) is 11.1 Å². The van der Waals surface area contributed by atoms with Crippen LogP contribution in [0, 0.1) is 5.82 Å². The van der Waals surface area contributed by atoms with Gasteiger partial charge in [0, 0.05) is 0 Å². The van der Waals surface area contributed by atoms with Crippen molar-refractivity contribution < 1.29 is 9.18 Å². The van der Waals surface area contributed by atoms with E-state index in [1.165, 1.54) is 6.07 Å². The maximum Gasteiger partial charge on any atom is 0.176 e. The maximum atomic E-state index is 13.1. The molecule has 0 amide bonds. The lowest BCUT2D eigenvalue weighted by Crippen LogP contribution is -2.04. The van der Waals surface area contributed by atoms with Gasteiger partial charge in [0.15, 0.2) is 5.78 Å². The van der Waals surface area contributed by atoms with Gasteiger partial charge in [-0.25, -0.2) is 4.39 Å². The first kappa shape index (κ1) is 10.5. The lowest BCUT2D eigenvalue weighted by atomic mass is 10.1. The van der Waals surface area contributed by atoms with Gasteiger partial charge in [-0.3, -0.25) is 4.79 Å². The van der Waals surface area contributed by atoms with E-state index in [9.17, 15) is 9.18 Å². The molecule has 0 aromatic heterocycles. The number of carbonyl (C=O) groups is 1. The number of nitrogens with two attached hydrogens (primary N) is 1. The van der Waals surface area contributed by atoms with Crippen LogP contribution in [0.15, 0.2) is 12.1 Å². The van der Waals surface area contributed by atoms with Gasteiger partial charge in [0.05, 0.1) is 21.6 Å². The number of rotatable bonds is 2. The average Bonchev–Trinajstić information content (AvgIpc) is 2.10. The van der Waals surface area contributed by atoms with Crippen molar-refractivity contribution in [2.24, 2.45) is 0 Å². The molecule has 0 radical (unpaired) electrons. The van der Waals surface area contributed by atoms with Crippen LogP contribution in [0.4, 0.5) is 10.1 Å². The van der Waals surface area contributed by atoms with Gasteiger partial charge in [-0.1, -0.05) is 27.5 Å². The third-order valence-corrected chi connectivity index (χ3v) is 2.34. The number of carbonyl (C=O) groups excluding carboxylic acids is 1. The standard InChI is InChI=1S/C8H6BrClFNO/c9-3-8(13)4-1-5(10)7(12)2-6(4)11/h1-2H,3,12H2. The van der Waals surface area contributed by atoms with Gasteiger partial charge in [-0.15, -0.1) is 0 Å². The molecular formula is C8H6BrClFNO. The number of nitrogen functional groups attached to an aromatic ring is 1. The molecule has 70 valence electrons. The second-order valence-electron chi connectivity index (χ2n) is 2.41. The molecule has 0 aliphatic rings. The predicted octanol–water partition coefficient (Wildman–Crippen LogP) is 2.64. The monoisotopic (exact) mass is 265 g/mol. The lowest BCUT2D eigenvalue weighted by molar-refractivity contribution is 0.102. The lowest BCUT2D eigenvalue weighted by Gasteiger charge is -2.02. The summed E-state index contributed by atoms with van der Waals surface area (Å²) >= 11 is 8.57. The van der Waals surface area contributed by atoms with E-state index in [1.54, 1.807) is 0 Å². The Morgan fingerprint density at radius 1 is 1.62 bits per heavy atom. The van der Waals surface area contributed by atoms with E-state index >= 15 is 0 Å². The molecule has 0 heterocycles. The minimum atomic E-state index is -0.647. The highest BCUT2D eigenvalue weighted by Gasteiger charge is 2.12. The Labute approximate surface area is 88.0 Å². The van der Waals surface area contributed by atoms with Gasteiger partial charge in [-0.05, 0) is 12.1 Å². The van der Waals surface area contributed by atoms with Crippen molar-refractivity contribution in [3.63, 3.8) is 0 Å². The summed E-state index contributed by atoms with van der Waals surface area (Å²) in [7, 11) is 0. The first-order valence-electron chi connectivity index (χ1n) is 3.40. The Bertz CT molecular complexity index is 356. The van der Waals surface area contributed by atoms with E-state index < -0.39 is 5.82 Å². The van der Waals surface area contributed by atoms with Crippen LogP contribution in [0.25, 0.3) is 0 Å². The largest absolute Gasteiger partial charge is 0.397 e. The average molecular weight is 266 g/mol. The summed E-state index contributed by atoms with van der Waals surface area (Å²) in [6, 6.07) is 2.27. The van der Waals surface area contributed by atoms with Gasteiger partial charge in [-0.2, -0.15) is 0 Å². The Hall–Kier alpha value is -0.610. The SMILES string of the molecule is Nc1cc(F)c(C(=O)CBr)cc1Cl. The molecule has 2 nitrogen and oxygen atoms in total. The van der Waals surface area contributed by atoms with Gasteiger partial charge < -0.3 is 5.73 Å². The number of Topliss-reactive ketones (excluding diaryl/α,β-unsaturated/α-hetero) is 1. The van der Waals surface area contributed by atoms with Gasteiger partial charge in [0.2, 0.25) is 0 Å². The van der Waals surface area contributed by atoms with E-state index in [2.05, 4.69) is 15.9 Å². The van der Waals surface area contributed by atoms with Crippen LogP contribution in [0.3, 0.4) is 0 Å². The van der Waals surface area contributed by atoms with E-state index in [0.29, 0.717) is 0 Å². The van der Waals surface area contributed by atoms with Gasteiger partial charge in [0.25, 0.3) is 0 Å². The summed E-state index contributed by atoms with van der Waals surface area (Å²) in [5.74, 6) is -1.01. The number of hydrogen-bond acceptors (Lipinski definition) is 2. The number of alkyl halides is 1. The molecule has 0 fully saturated rings.